The van der Waals surface area contributed by atoms with Gasteiger partial charge >= 0.3 is 0 Å². The van der Waals surface area contributed by atoms with E-state index in [2.05, 4.69) is 30.3 Å². The molecule has 0 saturated heterocycles. The molecule has 0 fully saturated rings. The number of fused-ring (bicyclic) bond motifs is 4. The van der Waals surface area contributed by atoms with Crippen LogP contribution in [-0.2, 0) is 0 Å². The molecule has 0 aromatic heterocycles. The van der Waals surface area contributed by atoms with Gasteiger partial charge in [0.05, 0.1) is 23.3 Å². The van der Waals surface area contributed by atoms with Crippen LogP contribution in [0.5, 0.6) is 0 Å². The van der Waals surface area contributed by atoms with E-state index in [9.17, 15) is 5.26 Å². The first-order chi connectivity index (χ1) is 10.8. The Morgan fingerprint density at radius 3 is 2.00 bits per heavy atom. The van der Waals surface area contributed by atoms with E-state index in [-0.39, 0.29) is 0 Å². The van der Waals surface area contributed by atoms with Gasteiger partial charge in [0.15, 0.2) is 0 Å². The van der Waals surface area contributed by atoms with Crippen molar-refractivity contribution in [2.24, 2.45) is 0 Å². The van der Waals surface area contributed by atoms with E-state index < -0.39 is 0 Å². The zero-order valence-electron chi connectivity index (χ0n) is 11.7. The summed E-state index contributed by atoms with van der Waals surface area (Å²) in [7, 11) is 0. The Kier molecular flexibility index (Phi) is 2.58. The molecule has 0 N–H and O–H groups in total. The predicted molar refractivity (Wildman–Crippen MR) is 85.7 cm³/mol. The average Bonchev–Trinajstić information content (AvgIpc) is 2.58. The highest BCUT2D eigenvalue weighted by molar-refractivity contribution is 6.09. The molecule has 0 saturated carbocycles. The van der Waals surface area contributed by atoms with Gasteiger partial charge in [-0.1, -0.05) is 42.5 Å². The Morgan fingerprint density at radius 2 is 1.27 bits per heavy atom. The smallest absolute Gasteiger partial charge is 0.0998 e. The summed E-state index contributed by atoms with van der Waals surface area (Å²) in [5.74, 6) is 0. The van der Waals surface area contributed by atoms with Gasteiger partial charge in [0.2, 0.25) is 0 Å². The molecule has 4 rings (SSSR count). The Morgan fingerprint density at radius 1 is 0.591 bits per heavy atom. The van der Waals surface area contributed by atoms with Crippen molar-refractivity contribution >= 4 is 0 Å². The number of nitrogens with zero attached hydrogens (tertiary/aromatic N) is 2. The standard InChI is InChI=1S/C20H10N2/c21-11-13-8-9-14(12-22)19(10-13)18-7-3-6-17-15-4-1-2-5-16(15)20(17)18/h1-10H. The van der Waals surface area contributed by atoms with Crippen LogP contribution in [-0.4, -0.2) is 0 Å². The van der Waals surface area contributed by atoms with Crippen LogP contribution in [0, 0.1) is 22.7 Å². The molecule has 0 aliphatic heterocycles. The number of hydrogen-bond donors (Lipinski definition) is 0. The van der Waals surface area contributed by atoms with Crippen LogP contribution >= 0.6 is 0 Å². The maximum atomic E-state index is 9.38. The summed E-state index contributed by atoms with van der Waals surface area (Å²) >= 11 is 0. The van der Waals surface area contributed by atoms with Gasteiger partial charge in [0.25, 0.3) is 0 Å². The summed E-state index contributed by atoms with van der Waals surface area (Å²) in [5, 5.41) is 18.5. The van der Waals surface area contributed by atoms with Crippen molar-refractivity contribution in [2.75, 3.05) is 0 Å². The van der Waals surface area contributed by atoms with E-state index in [0.717, 1.165) is 11.1 Å². The molecular weight excluding hydrogens is 268 g/mol. The maximum Gasteiger partial charge on any atom is 0.0998 e. The van der Waals surface area contributed by atoms with Crippen molar-refractivity contribution in [3.63, 3.8) is 0 Å². The van der Waals surface area contributed by atoms with Crippen molar-refractivity contribution in [3.8, 4) is 45.5 Å². The van der Waals surface area contributed by atoms with Gasteiger partial charge in [-0.25, -0.2) is 0 Å². The van der Waals surface area contributed by atoms with E-state index in [1.54, 1.807) is 18.2 Å². The Labute approximate surface area is 128 Å². The number of rotatable bonds is 1. The number of nitriles is 2. The average molecular weight is 278 g/mol. The van der Waals surface area contributed by atoms with Crippen LogP contribution in [0.15, 0.2) is 60.7 Å². The molecule has 0 radical (unpaired) electrons. The third-order valence-electron chi connectivity index (χ3n) is 4.11. The van der Waals surface area contributed by atoms with E-state index in [1.165, 1.54) is 22.3 Å². The second-order valence-electron chi connectivity index (χ2n) is 5.26. The van der Waals surface area contributed by atoms with Crippen molar-refractivity contribution in [1.29, 1.82) is 10.5 Å². The van der Waals surface area contributed by atoms with Gasteiger partial charge in [-0.3, -0.25) is 0 Å². The van der Waals surface area contributed by atoms with Crippen molar-refractivity contribution < 1.29 is 0 Å². The minimum Gasteiger partial charge on any atom is -0.192 e. The minimum atomic E-state index is 0.569. The lowest BCUT2D eigenvalue weighted by molar-refractivity contribution is 1.44. The Bertz CT molecular complexity index is 1000. The third-order valence-corrected chi connectivity index (χ3v) is 4.11. The first-order valence-corrected chi connectivity index (χ1v) is 7.01. The summed E-state index contributed by atoms with van der Waals surface area (Å²) in [6, 6.07) is 24.0. The van der Waals surface area contributed by atoms with Gasteiger partial charge in [0, 0.05) is 5.56 Å². The summed E-state index contributed by atoms with van der Waals surface area (Å²) in [6.07, 6.45) is 0. The molecule has 1 aliphatic carbocycles. The summed E-state index contributed by atoms with van der Waals surface area (Å²) < 4.78 is 0. The molecule has 0 bridgehead atoms. The monoisotopic (exact) mass is 278 g/mol. The minimum absolute atomic E-state index is 0.569. The molecule has 2 nitrogen and oxygen atoms in total. The quantitative estimate of drug-likeness (QED) is 0.504. The van der Waals surface area contributed by atoms with Crippen molar-refractivity contribution in [1.82, 2.24) is 0 Å². The molecule has 2 heteroatoms. The molecule has 0 unspecified atom stereocenters. The highest BCUT2D eigenvalue weighted by Crippen LogP contribution is 2.51. The highest BCUT2D eigenvalue weighted by Gasteiger charge is 2.25. The zero-order valence-corrected chi connectivity index (χ0v) is 11.7. The fourth-order valence-corrected chi connectivity index (χ4v) is 3.10. The van der Waals surface area contributed by atoms with Gasteiger partial charge in [-0.05, 0) is 46.0 Å². The summed E-state index contributed by atoms with van der Waals surface area (Å²) in [6.45, 7) is 0. The lowest BCUT2D eigenvalue weighted by Crippen LogP contribution is -2.01. The van der Waals surface area contributed by atoms with Gasteiger partial charge < -0.3 is 0 Å². The number of benzene rings is 3. The molecule has 100 valence electrons. The van der Waals surface area contributed by atoms with Gasteiger partial charge in [-0.15, -0.1) is 0 Å². The third kappa shape index (κ3) is 1.59. The lowest BCUT2D eigenvalue weighted by Gasteiger charge is -2.27. The second-order valence-corrected chi connectivity index (χ2v) is 5.26. The Hall–Kier alpha value is -3.36. The highest BCUT2D eigenvalue weighted by atomic mass is 14.3. The van der Waals surface area contributed by atoms with E-state index in [0.29, 0.717) is 11.1 Å². The van der Waals surface area contributed by atoms with Crippen LogP contribution in [0.4, 0.5) is 0 Å². The van der Waals surface area contributed by atoms with Crippen LogP contribution in [0.3, 0.4) is 0 Å². The largest absolute Gasteiger partial charge is 0.192 e. The van der Waals surface area contributed by atoms with E-state index in [4.69, 9.17) is 5.26 Å². The fourth-order valence-electron chi connectivity index (χ4n) is 3.10. The molecule has 0 spiro atoms. The lowest BCUT2D eigenvalue weighted by atomic mass is 9.76. The first kappa shape index (κ1) is 12.4. The SMILES string of the molecule is N#Cc1ccc(C#N)c(-c2cccc3c2-c2ccccc2-3)c1. The van der Waals surface area contributed by atoms with Crippen LogP contribution in [0.1, 0.15) is 11.1 Å². The molecule has 1 aliphatic rings. The second kappa shape index (κ2) is 4.58. The molecule has 0 atom stereocenters. The van der Waals surface area contributed by atoms with Crippen molar-refractivity contribution in [3.05, 3.63) is 71.8 Å². The van der Waals surface area contributed by atoms with Crippen LogP contribution in [0.25, 0.3) is 33.4 Å². The van der Waals surface area contributed by atoms with E-state index in [1.807, 2.05) is 24.3 Å². The molecular formula is C20H10N2. The van der Waals surface area contributed by atoms with Gasteiger partial charge in [-0.2, -0.15) is 10.5 Å². The van der Waals surface area contributed by atoms with Crippen molar-refractivity contribution in [2.45, 2.75) is 0 Å². The predicted octanol–water partition coefficient (Wildman–Crippen LogP) is 4.74. The fraction of sp³-hybridized carbons (Fsp3) is 0. The first-order valence-electron chi connectivity index (χ1n) is 7.01. The molecule has 3 aromatic carbocycles. The summed E-state index contributed by atoms with van der Waals surface area (Å²) in [4.78, 5) is 0. The topological polar surface area (TPSA) is 47.6 Å². The maximum absolute atomic E-state index is 9.38. The zero-order chi connectivity index (χ0) is 15.1. The van der Waals surface area contributed by atoms with Gasteiger partial charge in [0.1, 0.15) is 0 Å². The van der Waals surface area contributed by atoms with Crippen LogP contribution in [0.2, 0.25) is 0 Å². The normalized spacial score (nSPS) is 10.6. The molecule has 22 heavy (non-hydrogen) atoms. The van der Waals surface area contributed by atoms with Crippen LogP contribution < -0.4 is 0 Å². The summed E-state index contributed by atoms with van der Waals surface area (Å²) in [5.41, 5.74) is 7.84. The molecule has 0 amide bonds. The van der Waals surface area contributed by atoms with E-state index >= 15 is 0 Å². The Balaban J connectivity index is 2.00. The molecule has 3 aromatic rings. The number of hydrogen-bond acceptors (Lipinski definition) is 2. The molecule has 0 heterocycles.